The van der Waals surface area contributed by atoms with Gasteiger partial charge in [-0.05, 0) is 35.9 Å². The van der Waals surface area contributed by atoms with E-state index < -0.39 is 0 Å². The van der Waals surface area contributed by atoms with Gasteiger partial charge >= 0.3 is 0 Å². The lowest BCUT2D eigenvalue weighted by Crippen LogP contribution is -1.99. The molecule has 20 heavy (non-hydrogen) atoms. The van der Waals surface area contributed by atoms with Crippen LogP contribution in [0.25, 0.3) is 11.1 Å². The zero-order chi connectivity index (χ0) is 13.9. The van der Waals surface area contributed by atoms with Gasteiger partial charge in [-0.1, -0.05) is 12.1 Å². The van der Waals surface area contributed by atoms with Crippen LogP contribution < -0.4 is 11.1 Å². The number of nitrogens with zero attached hydrogens (tertiary/aromatic N) is 2. The molecular formula is C15H12N4O. The summed E-state index contributed by atoms with van der Waals surface area (Å²) in [6.07, 6.45) is 0. The molecule has 0 saturated heterocycles. The normalized spacial score (nSPS) is 10.3. The van der Waals surface area contributed by atoms with Gasteiger partial charge in [0.05, 0.1) is 11.6 Å². The fraction of sp³-hybridized carbons (Fsp3) is 0.0667. The highest BCUT2D eigenvalue weighted by molar-refractivity contribution is 5.78. The average Bonchev–Trinajstić information content (AvgIpc) is 2.87. The van der Waals surface area contributed by atoms with Gasteiger partial charge in [-0.2, -0.15) is 10.2 Å². The molecule has 3 aromatic rings. The summed E-state index contributed by atoms with van der Waals surface area (Å²) in [5.41, 5.74) is 9.38. The van der Waals surface area contributed by atoms with Crippen molar-refractivity contribution in [1.29, 1.82) is 5.26 Å². The number of fused-ring (bicyclic) bond motifs is 1. The van der Waals surface area contributed by atoms with Crippen LogP contribution in [-0.4, -0.2) is 4.98 Å². The van der Waals surface area contributed by atoms with Crippen molar-refractivity contribution in [2.75, 3.05) is 11.1 Å². The van der Waals surface area contributed by atoms with Gasteiger partial charge in [-0.3, -0.25) is 0 Å². The quantitative estimate of drug-likeness (QED) is 0.710. The van der Waals surface area contributed by atoms with Crippen molar-refractivity contribution in [1.82, 2.24) is 4.98 Å². The molecule has 1 aromatic heterocycles. The highest BCUT2D eigenvalue weighted by atomic mass is 16.4. The predicted octanol–water partition coefficient (Wildman–Crippen LogP) is 2.89. The van der Waals surface area contributed by atoms with E-state index in [0.29, 0.717) is 29.4 Å². The molecule has 5 heteroatoms. The van der Waals surface area contributed by atoms with Crippen molar-refractivity contribution in [2.24, 2.45) is 0 Å². The molecular weight excluding hydrogens is 252 g/mol. The number of nitrogen functional groups attached to an aromatic ring is 1. The van der Waals surface area contributed by atoms with Gasteiger partial charge in [0.25, 0.3) is 6.01 Å². The average molecular weight is 264 g/mol. The number of nitrogens with one attached hydrogen (secondary N) is 1. The number of hydrogen-bond donors (Lipinski definition) is 2. The molecule has 0 fully saturated rings. The van der Waals surface area contributed by atoms with E-state index in [9.17, 15) is 0 Å². The third kappa shape index (κ3) is 2.40. The summed E-state index contributed by atoms with van der Waals surface area (Å²) in [5, 5.41) is 11.9. The molecule has 98 valence electrons. The second kappa shape index (κ2) is 4.94. The van der Waals surface area contributed by atoms with Gasteiger partial charge in [-0.25, -0.2) is 0 Å². The summed E-state index contributed by atoms with van der Waals surface area (Å²) in [4.78, 5) is 4.31. The van der Waals surface area contributed by atoms with Crippen molar-refractivity contribution in [3.05, 3.63) is 53.6 Å². The van der Waals surface area contributed by atoms with Crippen LogP contribution in [0.4, 0.5) is 11.7 Å². The van der Waals surface area contributed by atoms with E-state index in [1.165, 1.54) is 0 Å². The fourth-order valence-electron chi connectivity index (χ4n) is 1.95. The molecule has 0 atom stereocenters. The first-order chi connectivity index (χ1) is 9.74. The lowest BCUT2D eigenvalue weighted by Gasteiger charge is -2.01. The smallest absolute Gasteiger partial charge is 0.295 e. The van der Waals surface area contributed by atoms with Gasteiger partial charge in [0.15, 0.2) is 5.58 Å². The van der Waals surface area contributed by atoms with Crippen molar-refractivity contribution < 1.29 is 4.42 Å². The Kier molecular flexibility index (Phi) is 2.98. The number of benzene rings is 2. The van der Waals surface area contributed by atoms with Gasteiger partial charge < -0.3 is 15.5 Å². The molecule has 0 unspecified atom stereocenters. The molecule has 0 radical (unpaired) electrons. The first-order valence-corrected chi connectivity index (χ1v) is 6.13. The lowest BCUT2D eigenvalue weighted by atomic mass is 10.1. The number of anilines is 2. The predicted molar refractivity (Wildman–Crippen MR) is 76.9 cm³/mol. The molecule has 0 aliphatic rings. The van der Waals surface area contributed by atoms with Crippen LogP contribution in [-0.2, 0) is 6.54 Å². The maximum absolute atomic E-state index is 8.86. The Morgan fingerprint density at radius 2 is 2.15 bits per heavy atom. The minimum absolute atomic E-state index is 0.438. The van der Waals surface area contributed by atoms with Gasteiger partial charge in [0.2, 0.25) is 0 Å². The summed E-state index contributed by atoms with van der Waals surface area (Å²) in [6.45, 7) is 0.540. The Bertz CT molecular complexity index is 801. The summed E-state index contributed by atoms with van der Waals surface area (Å²) in [7, 11) is 0. The van der Waals surface area contributed by atoms with Gasteiger partial charge in [-0.15, -0.1) is 0 Å². The first-order valence-electron chi connectivity index (χ1n) is 6.13. The van der Waals surface area contributed by atoms with Crippen LogP contribution in [0.15, 0.2) is 46.9 Å². The topological polar surface area (TPSA) is 87.9 Å². The summed E-state index contributed by atoms with van der Waals surface area (Å²) in [5.74, 6) is 0. The minimum Gasteiger partial charge on any atom is -0.424 e. The number of nitrogens with two attached hydrogens (primary N) is 1. The van der Waals surface area contributed by atoms with Crippen LogP contribution in [0.5, 0.6) is 0 Å². The lowest BCUT2D eigenvalue weighted by molar-refractivity contribution is 0.614. The number of rotatable bonds is 3. The molecule has 0 spiro atoms. The van der Waals surface area contributed by atoms with Gasteiger partial charge in [0.1, 0.15) is 5.52 Å². The van der Waals surface area contributed by atoms with Crippen molar-refractivity contribution in [3.8, 4) is 6.07 Å². The molecule has 3 rings (SSSR count). The second-order valence-electron chi connectivity index (χ2n) is 4.41. The standard InChI is InChI=1S/C15H12N4O/c16-8-10-2-1-3-11(6-10)9-18-15-19-13-7-12(17)4-5-14(13)20-15/h1-7H,9,17H2,(H,18,19). The van der Waals surface area contributed by atoms with E-state index in [1.807, 2.05) is 18.2 Å². The third-order valence-electron chi connectivity index (χ3n) is 2.91. The SMILES string of the molecule is N#Cc1cccc(CNc2nc3cc(N)ccc3o2)c1. The summed E-state index contributed by atoms with van der Waals surface area (Å²) in [6, 6.07) is 15.3. The Labute approximate surface area is 115 Å². The van der Waals surface area contributed by atoms with Crippen LogP contribution in [0.1, 0.15) is 11.1 Å². The van der Waals surface area contributed by atoms with E-state index in [4.69, 9.17) is 15.4 Å². The highest BCUT2D eigenvalue weighted by Crippen LogP contribution is 2.21. The maximum Gasteiger partial charge on any atom is 0.295 e. The molecule has 5 nitrogen and oxygen atoms in total. The highest BCUT2D eigenvalue weighted by Gasteiger charge is 2.05. The van der Waals surface area contributed by atoms with E-state index >= 15 is 0 Å². The van der Waals surface area contributed by atoms with Crippen LogP contribution in [0, 0.1) is 11.3 Å². The monoisotopic (exact) mass is 264 g/mol. The maximum atomic E-state index is 8.86. The molecule has 3 N–H and O–H groups in total. The Balaban J connectivity index is 1.78. The van der Waals surface area contributed by atoms with Crippen LogP contribution in [0.3, 0.4) is 0 Å². The second-order valence-corrected chi connectivity index (χ2v) is 4.41. The Morgan fingerprint density at radius 3 is 3.00 bits per heavy atom. The molecule has 0 aliphatic carbocycles. The molecule has 0 aliphatic heterocycles. The van der Waals surface area contributed by atoms with Gasteiger partial charge in [0, 0.05) is 12.2 Å². The van der Waals surface area contributed by atoms with Crippen molar-refractivity contribution in [2.45, 2.75) is 6.54 Å². The Hall–Kier alpha value is -3.00. The van der Waals surface area contributed by atoms with E-state index in [1.54, 1.807) is 24.3 Å². The van der Waals surface area contributed by atoms with E-state index in [-0.39, 0.29) is 0 Å². The molecule has 2 aromatic carbocycles. The molecule has 0 bridgehead atoms. The molecule has 0 saturated carbocycles. The number of nitriles is 1. The van der Waals surface area contributed by atoms with E-state index in [2.05, 4.69) is 16.4 Å². The summed E-state index contributed by atoms with van der Waals surface area (Å²) >= 11 is 0. The number of hydrogen-bond acceptors (Lipinski definition) is 5. The first kappa shape index (κ1) is 12.1. The number of aromatic nitrogens is 1. The fourth-order valence-corrected chi connectivity index (χ4v) is 1.95. The minimum atomic E-state index is 0.438. The van der Waals surface area contributed by atoms with E-state index in [0.717, 1.165) is 11.1 Å². The molecule has 0 amide bonds. The third-order valence-corrected chi connectivity index (χ3v) is 2.91. The van der Waals surface area contributed by atoms with Crippen LogP contribution in [0.2, 0.25) is 0 Å². The van der Waals surface area contributed by atoms with Crippen LogP contribution >= 0.6 is 0 Å². The summed E-state index contributed by atoms with van der Waals surface area (Å²) < 4.78 is 5.56. The molecule has 1 heterocycles. The Morgan fingerprint density at radius 1 is 1.25 bits per heavy atom. The zero-order valence-corrected chi connectivity index (χ0v) is 10.6. The number of oxazole rings is 1. The largest absolute Gasteiger partial charge is 0.424 e. The van der Waals surface area contributed by atoms with Crippen molar-refractivity contribution in [3.63, 3.8) is 0 Å². The van der Waals surface area contributed by atoms with Crippen molar-refractivity contribution >= 4 is 22.8 Å². The zero-order valence-electron chi connectivity index (χ0n) is 10.6.